The molecule has 1 fully saturated rings. The molecule has 1 amide bonds. The molecule has 1 aliphatic heterocycles. The second-order valence-corrected chi connectivity index (χ2v) is 8.29. The van der Waals surface area contributed by atoms with Gasteiger partial charge in [0.2, 0.25) is 0 Å². The average molecular weight is 458 g/mol. The molecule has 2 heterocycles. The smallest absolute Gasteiger partial charge is 0.253 e. The molecule has 168 valence electrons. The zero-order valence-electron chi connectivity index (χ0n) is 18.1. The number of benzene rings is 2. The van der Waals surface area contributed by atoms with Crippen LogP contribution >= 0.6 is 11.6 Å². The number of aromatic nitrogens is 1. The lowest BCUT2D eigenvalue weighted by Crippen LogP contribution is -2.48. The molecule has 0 spiro atoms. The third-order valence-corrected chi connectivity index (χ3v) is 6.12. The van der Waals surface area contributed by atoms with Gasteiger partial charge in [-0.3, -0.25) is 9.69 Å². The lowest BCUT2D eigenvalue weighted by Gasteiger charge is -2.35. The number of carbonyl (C=O) groups is 1. The molecule has 0 saturated carbocycles. The van der Waals surface area contributed by atoms with Gasteiger partial charge in [0.25, 0.3) is 5.91 Å². The molecule has 1 aromatic heterocycles. The highest BCUT2D eigenvalue weighted by molar-refractivity contribution is 6.31. The Bertz CT molecular complexity index is 1050. The van der Waals surface area contributed by atoms with Gasteiger partial charge in [-0.1, -0.05) is 22.8 Å². The van der Waals surface area contributed by atoms with E-state index >= 15 is 0 Å². The van der Waals surface area contributed by atoms with Crippen molar-refractivity contribution in [2.45, 2.75) is 27.0 Å². The van der Waals surface area contributed by atoms with Gasteiger partial charge < -0.3 is 14.2 Å². The number of amides is 1. The number of ether oxygens (including phenoxy) is 1. The highest BCUT2D eigenvalue weighted by Gasteiger charge is 2.23. The van der Waals surface area contributed by atoms with E-state index in [-0.39, 0.29) is 11.7 Å². The number of rotatable bonds is 6. The van der Waals surface area contributed by atoms with Crippen molar-refractivity contribution >= 4 is 17.5 Å². The second-order valence-electron chi connectivity index (χ2n) is 7.88. The number of hydrogen-bond donors (Lipinski definition) is 0. The summed E-state index contributed by atoms with van der Waals surface area (Å²) in [5.41, 5.74) is 2.85. The molecule has 2 aromatic carbocycles. The predicted molar refractivity (Wildman–Crippen MR) is 119 cm³/mol. The third-order valence-electron chi connectivity index (χ3n) is 5.77. The van der Waals surface area contributed by atoms with Crippen LogP contribution in [-0.2, 0) is 13.2 Å². The lowest BCUT2D eigenvalue weighted by atomic mass is 10.1. The van der Waals surface area contributed by atoms with E-state index in [1.54, 1.807) is 36.4 Å². The molecule has 0 atom stereocenters. The summed E-state index contributed by atoms with van der Waals surface area (Å²) in [7, 11) is 0. The van der Waals surface area contributed by atoms with Crippen LogP contribution in [0.15, 0.2) is 47.0 Å². The molecule has 3 aromatic rings. The molecular formula is C24H25ClFN3O3. The van der Waals surface area contributed by atoms with E-state index in [0.29, 0.717) is 61.2 Å². The molecule has 0 radical (unpaired) electrons. The first-order valence-corrected chi connectivity index (χ1v) is 10.9. The van der Waals surface area contributed by atoms with Crippen LogP contribution in [0.2, 0.25) is 5.02 Å². The fourth-order valence-electron chi connectivity index (χ4n) is 3.76. The van der Waals surface area contributed by atoms with Gasteiger partial charge in [0.05, 0.1) is 11.3 Å². The maximum atomic E-state index is 14.0. The number of halogens is 2. The van der Waals surface area contributed by atoms with Crippen LogP contribution in [0, 0.1) is 19.7 Å². The van der Waals surface area contributed by atoms with Crippen LogP contribution in [0.1, 0.15) is 32.9 Å². The van der Waals surface area contributed by atoms with Gasteiger partial charge in [0.1, 0.15) is 23.9 Å². The number of nitrogens with zero attached hydrogens (tertiary/aromatic N) is 3. The lowest BCUT2D eigenvalue weighted by molar-refractivity contribution is 0.0627. The maximum Gasteiger partial charge on any atom is 0.253 e. The minimum Gasteiger partial charge on any atom is -0.489 e. The van der Waals surface area contributed by atoms with Crippen molar-refractivity contribution in [2.75, 3.05) is 26.2 Å². The number of carbonyl (C=O) groups excluding carboxylic acids is 1. The fourth-order valence-corrected chi connectivity index (χ4v) is 3.98. The van der Waals surface area contributed by atoms with Crippen molar-refractivity contribution in [1.29, 1.82) is 0 Å². The Morgan fingerprint density at radius 1 is 1.09 bits per heavy atom. The van der Waals surface area contributed by atoms with E-state index in [4.69, 9.17) is 20.9 Å². The topological polar surface area (TPSA) is 58.8 Å². The zero-order chi connectivity index (χ0) is 22.7. The first kappa shape index (κ1) is 22.3. The van der Waals surface area contributed by atoms with Crippen LogP contribution in [0.4, 0.5) is 4.39 Å². The molecule has 0 unspecified atom stereocenters. The number of aryl methyl sites for hydroxylation is 2. The van der Waals surface area contributed by atoms with Crippen molar-refractivity contribution in [2.24, 2.45) is 0 Å². The van der Waals surface area contributed by atoms with E-state index in [1.807, 2.05) is 18.7 Å². The second kappa shape index (κ2) is 9.71. The molecule has 0 bridgehead atoms. The summed E-state index contributed by atoms with van der Waals surface area (Å²) in [6.45, 7) is 7.01. The molecular weight excluding hydrogens is 433 g/mol. The first-order valence-electron chi connectivity index (χ1n) is 10.5. The van der Waals surface area contributed by atoms with E-state index in [1.165, 1.54) is 6.07 Å². The van der Waals surface area contributed by atoms with Gasteiger partial charge in [0.15, 0.2) is 0 Å². The Morgan fingerprint density at radius 3 is 2.44 bits per heavy atom. The largest absolute Gasteiger partial charge is 0.489 e. The Kier molecular flexibility index (Phi) is 6.77. The van der Waals surface area contributed by atoms with Gasteiger partial charge in [-0.25, -0.2) is 4.39 Å². The summed E-state index contributed by atoms with van der Waals surface area (Å²) < 4.78 is 25.0. The summed E-state index contributed by atoms with van der Waals surface area (Å²) >= 11 is 6.14. The molecule has 8 heteroatoms. The standard InChI is InChI=1S/C24H25ClFN3O3/c1-16-21(17(2)32-27-16)15-31-19-8-6-18(7-9-19)24(30)29-12-10-28(11-13-29)14-20-22(25)4-3-5-23(20)26/h3-9H,10-15H2,1-2H3. The Hall–Kier alpha value is -2.90. The molecule has 32 heavy (non-hydrogen) atoms. The first-order chi connectivity index (χ1) is 15.4. The molecule has 6 nitrogen and oxygen atoms in total. The van der Waals surface area contributed by atoms with Crippen molar-refractivity contribution in [3.8, 4) is 5.75 Å². The number of hydrogen-bond acceptors (Lipinski definition) is 5. The van der Waals surface area contributed by atoms with Gasteiger partial charge in [-0.15, -0.1) is 0 Å². The van der Waals surface area contributed by atoms with Gasteiger partial charge >= 0.3 is 0 Å². The quantitative estimate of drug-likeness (QED) is 0.540. The zero-order valence-corrected chi connectivity index (χ0v) is 18.9. The molecule has 0 aliphatic carbocycles. The highest BCUT2D eigenvalue weighted by Crippen LogP contribution is 2.22. The Labute approximate surface area is 191 Å². The van der Waals surface area contributed by atoms with Gasteiger partial charge in [0, 0.05) is 48.9 Å². The third kappa shape index (κ3) is 4.95. The van der Waals surface area contributed by atoms with Gasteiger partial charge in [-0.05, 0) is 50.2 Å². The SMILES string of the molecule is Cc1noc(C)c1COc1ccc(C(=O)N2CCN(Cc3c(F)cccc3Cl)CC2)cc1. The van der Waals surface area contributed by atoms with Crippen LogP contribution in [0.5, 0.6) is 5.75 Å². The number of piperazine rings is 1. The monoisotopic (exact) mass is 457 g/mol. The van der Waals surface area contributed by atoms with E-state index in [0.717, 1.165) is 17.0 Å². The van der Waals surface area contributed by atoms with Crippen molar-refractivity contribution in [3.63, 3.8) is 0 Å². The molecule has 0 N–H and O–H groups in total. The predicted octanol–water partition coefficient (Wildman–Crippen LogP) is 4.62. The van der Waals surface area contributed by atoms with Crippen molar-refractivity contribution < 1.29 is 18.4 Å². The maximum absolute atomic E-state index is 14.0. The minimum atomic E-state index is -0.298. The summed E-state index contributed by atoms with van der Waals surface area (Å²) in [6.07, 6.45) is 0. The normalized spacial score (nSPS) is 14.6. The minimum absolute atomic E-state index is 0.0224. The Balaban J connectivity index is 1.30. The van der Waals surface area contributed by atoms with E-state index < -0.39 is 0 Å². The van der Waals surface area contributed by atoms with Crippen LogP contribution in [0.25, 0.3) is 0 Å². The summed E-state index contributed by atoms with van der Waals surface area (Å²) in [6, 6.07) is 11.9. The fraction of sp³-hybridized carbons (Fsp3) is 0.333. The van der Waals surface area contributed by atoms with Crippen LogP contribution < -0.4 is 4.74 Å². The van der Waals surface area contributed by atoms with Crippen molar-refractivity contribution in [3.05, 3.63) is 81.4 Å². The summed E-state index contributed by atoms with van der Waals surface area (Å²) in [4.78, 5) is 16.8. The van der Waals surface area contributed by atoms with Crippen molar-refractivity contribution in [1.82, 2.24) is 15.0 Å². The van der Waals surface area contributed by atoms with Crippen LogP contribution in [0.3, 0.4) is 0 Å². The summed E-state index contributed by atoms with van der Waals surface area (Å²) in [5, 5.41) is 4.35. The molecule has 4 rings (SSSR count). The van der Waals surface area contributed by atoms with Gasteiger partial charge in [-0.2, -0.15) is 0 Å². The van der Waals surface area contributed by atoms with E-state index in [2.05, 4.69) is 10.1 Å². The molecule has 1 saturated heterocycles. The Morgan fingerprint density at radius 2 is 1.81 bits per heavy atom. The van der Waals surface area contributed by atoms with Crippen LogP contribution in [-0.4, -0.2) is 47.0 Å². The summed E-state index contributed by atoms with van der Waals surface area (Å²) in [5.74, 6) is 1.09. The average Bonchev–Trinajstić information content (AvgIpc) is 3.12. The highest BCUT2D eigenvalue weighted by atomic mass is 35.5. The molecule has 1 aliphatic rings. The van der Waals surface area contributed by atoms with E-state index in [9.17, 15) is 9.18 Å².